The fourth-order valence-corrected chi connectivity index (χ4v) is 4.20. The zero-order valence-electron chi connectivity index (χ0n) is 16.3. The number of aromatic nitrogens is 4. The van der Waals surface area contributed by atoms with Crippen molar-refractivity contribution in [3.05, 3.63) is 70.8 Å². The van der Waals surface area contributed by atoms with Crippen molar-refractivity contribution < 1.29 is 4.79 Å². The molecule has 0 bridgehead atoms. The minimum Gasteiger partial charge on any atom is -0.278 e. The Kier molecular flexibility index (Phi) is 4.68. The van der Waals surface area contributed by atoms with Crippen molar-refractivity contribution >= 4 is 32.6 Å². The summed E-state index contributed by atoms with van der Waals surface area (Å²) in [5.41, 5.74) is 5.53. The Bertz CT molecular complexity index is 1140. The molecule has 0 atom stereocenters. The molecule has 0 aliphatic carbocycles. The molecule has 6 nitrogen and oxygen atoms in total. The molecule has 1 amide bonds. The maximum atomic E-state index is 13.3. The van der Waals surface area contributed by atoms with E-state index in [1.165, 1.54) is 16.9 Å². The molecular formula is C21H21N5OS. The van der Waals surface area contributed by atoms with E-state index in [9.17, 15) is 4.79 Å². The first-order chi connectivity index (χ1) is 13.4. The summed E-state index contributed by atoms with van der Waals surface area (Å²) in [6.45, 7) is 6.45. The van der Waals surface area contributed by atoms with Crippen LogP contribution in [0.25, 0.3) is 10.2 Å². The van der Waals surface area contributed by atoms with Gasteiger partial charge in [0.2, 0.25) is 0 Å². The standard InChI is InChI=1S/C21H21N5OS/c1-13-8-14(2)19-17(9-13)23-21(28-19)26(12-16-6-5-7-22-11-16)20(27)18-10-15(3)25(4)24-18/h5-11H,12H2,1-4H3. The number of hydrogen-bond donors (Lipinski definition) is 0. The number of rotatable bonds is 4. The van der Waals surface area contributed by atoms with Crippen molar-refractivity contribution in [1.29, 1.82) is 0 Å². The molecule has 1 aromatic carbocycles. The number of hydrogen-bond acceptors (Lipinski definition) is 5. The molecule has 28 heavy (non-hydrogen) atoms. The van der Waals surface area contributed by atoms with Gasteiger partial charge in [0.05, 0.1) is 16.8 Å². The van der Waals surface area contributed by atoms with Crippen LogP contribution in [0.1, 0.15) is 32.9 Å². The molecule has 0 aliphatic heterocycles. The van der Waals surface area contributed by atoms with Gasteiger partial charge in [-0.25, -0.2) is 4.98 Å². The first-order valence-corrected chi connectivity index (χ1v) is 9.83. The van der Waals surface area contributed by atoms with E-state index in [4.69, 9.17) is 4.98 Å². The van der Waals surface area contributed by atoms with Gasteiger partial charge >= 0.3 is 0 Å². The number of fused-ring (bicyclic) bond motifs is 1. The lowest BCUT2D eigenvalue weighted by Gasteiger charge is -2.18. The average Bonchev–Trinajstić information content (AvgIpc) is 3.23. The van der Waals surface area contributed by atoms with Crippen molar-refractivity contribution in [2.75, 3.05) is 4.90 Å². The van der Waals surface area contributed by atoms with Crippen molar-refractivity contribution in [3.63, 3.8) is 0 Å². The summed E-state index contributed by atoms with van der Waals surface area (Å²) in [6.07, 6.45) is 3.49. The average molecular weight is 392 g/mol. The highest BCUT2D eigenvalue weighted by Crippen LogP contribution is 2.33. The maximum absolute atomic E-state index is 13.3. The summed E-state index contributed by atoms with van der Waals surface area (Å²) in [6, 6.07) is 9.83. The maximum Gasteiger partial charge on any atom is 0.280 e. The van der Waals surface area contributed by atoms with Crippen LogP contribution >= 0.6 is 11.3 Å². The minimum atomic E-state index is -0.166. The normalized spacial score (nSPS) is 11.1. The molecule has 0 unspecified atom stereocenters. The molecule has 4 aromatic rings. The highest BCUT2D eigenvalue weighted by molar-refractivity contribution is 7.22. The fourth-order valence-electron chi connectivity index (χ4n) is 3.18. The molecule has 3 heterocycles. The second-order valence-electron chi connectivity index (χ2n) is 6.97. The topological polar surface area (TPSA) is 63.9 Å². The Hall–Kier alpha value is -3.06. The number of anilines is 1. The summed E-state index contributed by atoms with van der Waals surface area (Å²) in [7, 11) is 1.83. The Balaban J connectivity index is 1.80. The second kappa shape index (κ2) is 7.16. The van der Waals surface area contributed by atoms with E-state index in [1.54, 1.807) is 28.0 Å². The summed E-state index contributed by atoms with van der Waals surface area (Å²) in [5.74, 6) is -0.166. The van der Waals surface area contributed by atoms with Crippen LogP contribution in [0.2, 0.25) is 0 Å². The van der Waals surface area contributed by atoms with Gasteiger partial charge < -0.3 is 0 Å². The van der Waals surface area contributed by atoms with Gasteiger partial charge in [0.25, 0.3) is 5.91 Å². The SMILES string of the molecule is Cc1cc(C)c2sc(N(Cc3cccnc3)C(=O)c3cc(C)n(C)n3)nc2c1. The van der Waals surface area contributed by atoms with Crippen LogP contribution in [0.15, 0.2) is 42.7 Å². The monoisotopic (exact) mass is 391 g/mol. The molecule has 7 heteroatoms. The van der Waals surface area contributed by atoms with E-state index in [0.717, 1.165) is 27.0 Å². The highest BCUT2D eigenvalue weighted by atomic mass is 32.1. The summed E-state index contributed by atoms with van der Waals surface area (Å²) in [4.78, 5) is 24.0. The van der Waals surface area contributed by atoms with Crippen LogP contribution in [-0.4, -0.2) is 25.7 Å². The number of amides is 1. The molecule has 142 valence electrons. The van der Waals surface area contributed by atoms with Crippen LogP contribution in [0.5, 0.6) is 0 Å². The van der Waals surface area contributed by atoms with Crippen molar-refractivity contribution in [2.24, 2.45) is 7.05 Å². The third-order valence-corrected chi connectivity index (χ3v) is 5.91. The molecule has 0 saturated carbocycles. The number of carbonyl (C=O) groups is 1. The third kappa shape index (κ3) is 3.41. The number of aryl methyl sites for hydroxylation is 4. The number of thiazole rings is 1. The first kappa shape index (κ1) is 18.3. The van der Waals surface area contributed by atoms with E-state index in [-0.39, 0.29) is 5.91 Å². The Morgan fingerprint density at radius 1 is 1.21 bits per heavy atom. The zero-order chi connectivity index (χ0) is 19.8. The van der Waals surface area contributed by atoms with E-state index < -0.39 is 0 Å². The lowest BCUT2D eigenvalue weighted by atomic mass is 10.1. The lowest BCUT2D eigenvalue weighted by Crippen LogP contribution is -2.30. The summed E-state index contributed by atoms with van der Waals surface area (Å²) in [5, 5.41) is 5.04. The Morgan fingerprint density at radius 2 is 2.04 bits per heavy atom. The fraction of sp³-hybridized carbons (Fsp3) is 0.238. The number of nitrogens with zero attached hydrogens (tertiary/aromatic N) is 5. The van der Waals surface area contributed by atoms with Gasteiger partial charge in [-0.3, -0.25) is 19.4 Å². The molecule has 0 spiro atoms. The van der Waals surface area contributed by atoms with E-state index in [0.29, 0.717) is 17.4 Å². The quantitative estimate of drug-likeness (QED) is 0.523. The van der Waals surface area contributed by atoms with Crippen LogP contribution < -0.4 is 4.90 Å². The van der Waals surface area contributed by atoms with Gasteiger partial charge in [-0.15, -0.1) is 0 Å². The first-order valence-electron chi connectivity index (χ1n) is 9.01. The van der Waals surface area contributed by atoms with Crippen molar-refractivity contribution in [1.82, 2.24) is 19.7 Å². The lowest BCUT2D eigenvalue weighted by molar-refractivity contribution is 0.0979. The largest absolute Gasteiger partial charge is 0.280 e. The van der Waals surface area contributed by atoms with E-state index in [2.05, 4.69) is 36.1 Å². The number of carbonyl (C=O) groups excluding carboxylic acids is 1. The molecule has 0 aliphatic rings. The van der Waals surface area contributed by atoms with E-state index >= 15 is 0 Å². The van der Waals surface area contributed by atoms with Crippen LogP contribution in [-0.2, 0) is 13.6 Å². The van der Waals surface area contributed by atoms with Crippen LogP contribution in [0.3, 0.4) is 0 Å². The number of pyridine rings is 1. The molecule has 0 N–H and O–H groups in total. The van der Waals surface area contributed by atoms with Gasteiger partial charge in [-0.2, -0.15) is 5.10 Å². The van der Waals surface area contributed by atoms with Crippen molar-refractivity contribution in [2.45, 2.75) is 27.3 Å². The molecule has 0 radical (unpaired) electrons. The molecule has 0 fully saturated rings. The Labute approximate surface area is 167 Å². The highest BCUT2D eigenvalue weighted by Gasteiger charge is 2.24. The third-order valence-electron chi connectivity index (χ3n) is 4.68. The van der Waals surface area contributed by atoms with Gasteiger partial charge in [0, 0.05) is 25.1 Å². The van der Waals surface area contributed by atoms with Gasteiger partial charge in [-0.05, 0) is 55.7 Å². The van der Waals surface area contributed by atoms with Crippen molar-refractivity contribution in [3.8, 4) is 0 Å². The predicted octanol–water partition coefficient (Wildman–Crippen LogP) is 4.20. The minimum absolute atomic E-state index is 0.166. The summed E-state index contributed by atoms with van der Waals surface area (Å²) >= 11 is 1.53. The molecular weight excluding hydrogens is 370 g/mol. The second-order valence-corrected chi connectivity index (χ2v) is 7.95. The van der Waals surface area contributed by atoms with E-state index in [1.807, 2.05) is 26.1 Å². The van der Waals surface area contributed by atoms with Gasteiger partial charge in [-0.1, -0.05) is 23.5 Å². The number of benzene rings is 1. The zero-order valence-corrected chi connectivity index (χ0v) is 17.1. The smallest absolute Gasteiger partial charge is 0.278 e. The summed E-state index contributed by atoms with van der Waals surface area (Å²) < 4.78 is 2.81. The van der Waals surface area contributed by atoms with Crippen LogP contribution in [0, 0.1) is 20.8 Å². The van der Waals surface area contributed by atoms with Crippen LogP contribution in [0.4, 0.5) is 5.13 Å². The molecule has 3 aromatic heterocycles. The molecule has 4 rings (SSSR count). The predicted molar refractivity (Wildman–Crippen MR) is 112 cm³/mol. The van der Waals surface area contributed by atoms with Gasteiger partial charge in [0.15, 0.2) is 10.8 Å². The van der Waals surface area contributed by atoms with Gasteiger partial charge in [0.1, 0.15) is 0 Å². The Morgan fingerprint density at radius 3 is 2.71 bits per heavy atom. The molecule has 0 saturated heterocycles.